The van der Waals surface area contributed by atoms with Crippen molar-refractivity contribution < 1.29 is 14.3 Å². The van der Waals surface area contributed by atoms with Crippen LogP contribution in [0.4, 0.5) is 5.13 Å². The average Bonchev–Trinajstić information content (AvgIpc) is 3.16. The highest BCUT2D eigenvalue weighted by atomic mass is 32.1. The second-order valence-electron chi connectivity index (χ2n) is 7.80. The average molecular weight is 414 g/mol. The molecule has 0 aliphatic heterocycles. The van der Waals surface area contributed by atoms with Crippen LogP contribution in [0.15, 0.2) is 24.3 Å². The summed E-state index contributed by atoms with van der Waals surface area (Å²) in [5, 5.41) is 6.70. The number of carbonyl (C=O) groups is 2. The van der Waals surface area contributed by atoms with E-state index in [0.717, 1.165) is 42.7 Å². The third kappa shape index (κ3) is 4.61. The Hall–Kier alpha value is -2.41. The number of hydrogen-bond donors (Lipinski definition) is 2. The molecule has 1 atom stereocenters. The number of fused-ring (bicyclic) bond motifs is 1. The highest BCUT2D eigenvalue weighted by Gasteiger charge is 2.31. The van der Waals surface area contributed by atoms with Crippen LogP contribution in [0.5, 0.6) is 5.75 Å². The zero-order valence-electron chi connectivity index (χ0n) is 16.7. The van der Waals surface area contributed by atoms with Crippen LogP contribution in [0.3, 0.4) is 0 Å². The van der Waals surface area contributed by atoms with Crippen LogP contribution in [-0.4, -0.2) is 29.9 Å². The number of carbonyl (C=O) groups excluding carboxylic acids is 2. The minimum Gasteiger partial charge on any atom is -0.497 e. The topological polar surface area (TPSA) is 80.3 Å². The molecule has 154 valence electrons. The van der Waals surface area contributed by atoms with Crippen molar-refractivity contribution in [2.24, 2.45) is 0 Å². The molecule has 2 aliphatic rings. The molecule has 1 aromatic heterocycles. The van der Waals surface area contributed by atoms with Crippen LogP contribution in [0.1, 0.15) is 71.8 Å². The monoisotopic (exact) mass is 413 g/mol. The molecule has 1 aromatic carbocycles. The van der Waals surface area contributed by atoms with Crippen molar-refractivity contribution in [3.05, 3.63) is 40.4 Å². The van der Waals surface area contributed by atoms with E-state index in [0.29, 0.717) is 22.5 Å². The Morgan fingerprint density at radius 2 is 1.83 bits per heavy atom. The Bertz CT molecular complexity index is 872. The first-order valence-electron chi connectivity index (χ1n) is 10.4. The Morgan fingerprint density at radius 1 is 1.07 bits per heavy atom. The fraction of sp³-hybridized carbons (Fsp3) is 0.500. The van der Waals surface area contributed by atoms with Gasteiger partial charge >= 0.3 is 0 Å². The van der Waals surface area contributed by atoms with Gasteiger partial charge in [-0.15, -0.1) is 11.3 Å². The smallest absolute Gasteiger partial charge is 0.257 e. The van der Waals surface area contributed by atoms with E-state index in [-0.39, 0.29) is 17.7 Å². The number of amides is 2. The molecule has 0 bridgehead atoms. The Labute approximate surface area is 175 Å². The summed E-state index contributed by atoms with van der Waals surface area (Å²) in [5.74, 6) is 0.389. The number of hydrogen-bond acceptors (Lipinski definition) is 5. The molecule has 29 heavy (non-hydrogen) atoms. The van der Waals surface area contributed by atoms with Gasteiger partial charge in [0.25, 0.3) is 5.91 Å². The van der Waals surface area contributed by atoms with Crippen molar-refractivity contribution in [2.45, 2.75) is 63.3 Å². The predicted molar refractivity (Wildman–Crippen MR) is 114 cm³/mol. The van der Waals surface area contributed by atoms with E-state index in [2.05, 4.69) is 15.6 Å². The number of aromatic nitrogens is 1. The maximum absolute atomic E-state index is 12.9. The SMILES string of the molecule is COc1ccc(C(=O)Nc2nc3c(s2)CCCC3C(=O)NC2CCCCC2)cc1. The summed E-state index contributed by atoms with van der Waals surface area (Å²) in [6.07, 6.45) is 8.52. The molecule has 0 radical (unpaired) electrons. The van der Waals surface area contributed by atoms with Gasteiger partial charge in [-0.05, 0) is 56.4 Å². The van der Waals surface area contributed by atoms with Gasteiger partial charge in [-0.3, -0.25) is 14.9 Å². The van der Waals surface area contributed by atoms with Gasteiger partial charge in [0.1, 0.15) is 5.75 Å². The molecular formula is C22H27N3O3S. The third-order valence-electron chi connectivity index (χ3n) is 5.79. The fourth-order valence-electron chi connectivity index (χ4n) is 4.19. The predicted octanol–water partition coefficient (Wildman–Crippen LogP) is 4.27. The van der Waals surface area contributed by atoms with Crippen molar-refractivity contribution in [1.82, 2.24) is 10.3 Å². The van der Waals surface area contributed by atoms with E-state index in [1.165, 1.54) is 30.6 Å². The number of methoxy groups -OCH3 is 1. The van der Waals surface area contributed by atoms with Gasteiger partial charge in [0.15, 0.2) is 5.13 Å². The van der Waals surface area contributed by atoms with Crippen LogP contribution in [0.2, 0.25) is 0 Å². The van der Waals surface area contributed by atoms with Crippen molar-refractivity contribution in [3.63, 3.8) is 0 Å². The number of nitrogens with one attached hydrogen (secondary N) is 2. The van der Waals surface area contributed by atoms with E-state index in [4.69, 9.17) is 4.74 Å². The Morgan fingerprint density at radius 3 is 2.55 bits per heavy atom. The number of thiazole rings is 1. The lowest BCUT2D eigenvalue weighted by Crippen LogP contribution is -2.40. The first-order valence-corrected chi connectivity index (χ1v) is 11.2. The lowest BCUT2D eigenvalue weighted by molar-refractivity contribution is -0.123. The zero-order valence-corrected chi connectivity index (χ0v) is 17.5. The molecule has 2 N–H and O–H groups in total. The Balaban J connectivity index is 1.44. The molecule has 1 fully saturated rings. The molecule has 1 heterocycles. The van der Waals surface area contributed by atoms with Crippen LogP contribution < -0.4 is 15.4 Å². The van der Waals surface area contributed by atoms with Gasteiger partial charge < -0.3 is 10.1 Å². The molecule has 0 spiro atoms. The largest absolute Gasteiger partial charge is 0.497 e. The number of anilines is 1. The minimum atomic E-state index is -0.207. The van der Waals surface area contributed by atoms with Crippen LogP contribution in [0.25, 0.3) is 0 Å². The van der Waals surface area contributed by atoms with E-state index in [9.17, 15) is 9.59 Å². The van der Waals surface area contributed by atoms with E-state index in [1.807, 2.05) is 0 Å². The normalized spacial score (nSPS) is 19.3. The maximum Gasteiger partial charge on any atom is 0.257 e. The molecule has 6 nitrogen and oxygen atoms in total. The van der Waals surface area contributed by atoms with Crippen molar-refractivity contribution in [2.75, 3.05) is 12.4 Å². The molecule has 1 unspecified atom stereocenters. The second kappa shape index (κ2) is 8.95. The van der Waals surface area contributed by atoms with Gasteiger partial charge in [-0.25, -0.2) is 4.98 Å². The summed E-state index contributed by atoms with van der Waals surface area (Å²) >= 11 is 1.49. The van der Waals surface area contributed by atoms with Gasteiger partial charge in [0.05, 0.1) is 18.7 Å². The first kappa shape index (κ1) is 19.9. The second-order valence-corrected chi connectivity index (χ2v) is 8.88. The molecule has 4 rings (SSSR count). The van der Waals surface area contributed by atoms with Crippen LogP contribution in [-0.2, 0) is 11.2 Å². The quantitative estimate of drug-likeness (QED) is 0.767. The van der Waals surface area contributed by atoms with Gasteiger partial charge in [0.2, 0.25) is 5.91 Å². The maximum atomic E-state index is 12.9. The molecule has 2 amide bonds. The number of ether oxygens (including phenoxy) is 1. The van der Waals surface area contributed by atoms with Crippen molar-refractivity contribution in [1.29, 1.82) is 0 Å². The van der Waals surface area contributed by atoms with E-state index in [1.54, 1.807) is 31.4 Å². The van der Waals surface area contributed by atoms with E-state index < -0.39 is 0 Å². The standard InChI is InChI=1S/C22H27N3O3S/c1-28-16-12-10-14(11-13-16)20(26)25-22-24-19-17(8-5-9-18(19)29-22)21(27)23-15-6-3-2-4-7-15/h10-13,15,17H,2-9H2,1H3,(H,23,27)(H,24,25,26). The lowest BCUT2D eigenvalue weighted by atomic mass is 9.89. The number of nitrogens with zero attached hydrogens (tertiary/aromatic N) is 1. The van der Waals surface area contributed by atoms with Gasteiger partial charge in [-0.2, -0.15) is 0 Å². The summed E-state index contributed by atoms with van der Waals surface area (Å²) in [7, 11) is 1.59. The van der Waals surface area contributed by atoms with E-state index >= 15 is 0 Å². The molecular weight excluding hydrogens is 386 g/mol. The highest BCUT2D eigenvalue weighted by Crippen LogP contribution is 2.37. The summed E-state index contributed by atoms with van der Waals surface area (Å²) in [6.45, 7) is 0. The summed E-state index contributed by atoms with van der Waals surface area (Å²) < 4.78 is 5.13. The Kier molecular flexibility index (Phi) is 6.13. The zero-order chi connectivity index (χ0) is 20.2. The summed E-state index contributed by atoms with van der Waals surface area (Å²) in [5.41, 5.74) is 1.39. The molecule has 2 aliphatic carbocycles. The summed E-state index contributed by atoms with van der Waals surface area (Å²) in [6, 6.07) is 7.26. The van der Waals surface area contributed by atoms with Crippen molar-refractivity contribution >= 4 is 28.3 Å². The number of benzene rings is 1. The first-order chi connectivity index (χ1) is 14.1. The summed E-state index contributed by atoms with van der Waals surface area (Å²) in [4.78, 5) is 31.2. The lowest BCUT2D eigenvalue weighted by Gasteiger charge is -2.26. The highest BCUT2D eigenvalue weighted by molar-refractivity contribution is 7.15. The molecule has 2 aromatic rings. The number of aryl methyl sites for hydroxylation is 1. The molecule has 1 saturated carbocycles. The van der Waals surface area contributed by atoms with Gasteiger partial charge in [0, 0.05) is 16.5 Å². The van der Waals surface area contributed by atoms with Crippen LogP contribution in [0, 0.1) is 0 Å². The molecule has 7 heteroatoms. The fourth-order valence-corrected chi connectivity index (χ4v) is 5.25. The van der Waals surface area contributed by atoms with Crippen LogP contribution >= 0.6 is 11.3 Å². The third-order valence-corrected chi connectivity index (χ3v) is 6.84. The van der Waals surface area contributed by atoms with Crippen molar-refractivity contribution in [3.8, 4) is 5.75 Å². The number of rotatable bonds is 5. The molecule has 0 saturated heterocycles. The van der Waals surface area contributed by atoms with Gasteiger partial charge in [-0.1, -0.05) is 19.3 Å². The minimum absolute atomic E-state index is 0.0937.